The molecule has 2 amide bonds. The molecule has 0 fully saturated rings. The Morgan fingerprint density at radius 3 is 2.53 bits per heavy atom. The topological polar surface area (TPSA) is 168 Å². The Labute approximate surface area is 179 Å². The van der Waals surface area contributed by atoms with Gasteiger partial charge in [-0.05, 0) is 30.3 Å². The minimum atomic E-state index is -0.588. The lowest BCUT2D eigenvalue weighted by Gasteiger charge is -2.08. The molecule has 12 nitrogen and oxygen atoms in total. The van der Waals surface area contributed by atoms with Crippen LogP contribution in [0.3, 0.4) is 0 Å². The third kappa shape index (κ3) is 3.79. The van der Waals surface area contributed by atoms with E-state index in [0.717, 1.165) is 4.57 Å². The van der Waals surface area contributed by atoms with Gasteiger partial charge in [0.1, 0.15) is 23.9 Å². The molecule has 0 spiro atoms. The monoisotopic (exact) mass is 433 g/mol. The van der Waals surface area contributed by atoms with Crippen LogP contribution in [0.25, 0.3) is 16.7 Å². The minimum absolute atomic E-state index is 0.101. The number of amides is 2. The van der Waals surface area contributed by atoms with Crippen molar-refractivity contribution in [1.29, 1.82) is 0 Å². The first kappa shape index (κ1) is 20.4. The number of nitrogens with two attached hydrogens (primary N) is 1. The zero-order valence-electron chi connectivity index (χ0n) is 16.3. The first-order chi connectivity index (χ1) is 15.3. The van der Waals surface area contributed by atoms with Crippen LogP contribution in [0.1, 0.15) is 10.4 Å². The number of primary amides is 1. The van der Waals surface area contributed by atoms with Crippen molar-refractivity contribution < 1.29 is 14.5 Å². The predicted molar refractivity (Wildman–Crippen MR) is 113 cm³/mol. The van der Waals surface area contributed by atoms with Crippen molar-refractivity contribution in [2.75, 3.05) is 5.32 Å². The smallest absolute Gasteiger partial charge is 0.294 e. The molecule has 2 aromatic carbocycles. The first-order valence-electron chi connectivity index (χ1n) is 9.22. The van der Waals surface area contributed by atoms with E-state index in [2.05, 4.69) is 15.4 Å². The second-order valence-electron chi connectivity index (χ2n) is 6.71. The number of benzene rings is 2. The number of nitrogens with one attached hydrogen (secondary N) is 1. The van der Waals surface area contributed by atoms with E-state index >= 15 is 0 Å². The number of nitro benzene ring substituents is 1. The van der Waals surface area contributed by atoms with E-state index in [1.54, 1.807) is 6.07 Å². The van der Waals surface area contributed by atoms with Gasteiger partial charge in [0.2, 0.25) is 11.8 Å². The van der Waals surface area contributed by atoms with Crippen molar-refractivity contribution in [3.05, 3.63) is 87.1 Å². The summed E-state index contributed by atoms with van der Waals surface area (Å²) in [7, 11) is 0. The lowest BCUT2D eigenvalue weighted by Crippen LogP contribution is -2.27. The minimum Gasteiger partial charge on any atom is -0.366 e. The molecule has 0 bridgehead atoms. The summed E-state index contributed by atoms with van der Waals surface area (Å²) >= 11 is 0. The van der Waals surface area contributed by atoms with Gasteiger partial charge in [0.15, 0.2) is 5.65 Å². The van der Waals surface area contributed by atoms with Crippen molar-refractivity contribution in [1.82, 2.24) is 19.3 Å². The molecular weight excluding hydrogens is 418 g/mol. The van der Waals surface area contributed by atoms with Crippen LogP contribution < -0.4 is 16.6 Å². The number of aromatic nitrogens is 4. The van der Waals surface area contributed by atoms with Gasteiger partial charge in [-0.3, -0.25) is 29.1 Å². The van der Waals surface area contributed by atoms with E-state index in [4.69, 9.17) is 5.73 Å². The van der Waals surface area contributed by atoms with Crippen LogP contribution in [-0.4, -0.2) is 36.1 Å². The molecule has 0 aliphatic rings. The van der Waals surface area contributed by atoms with E-state index in [1.807, 2.05) is 0 Å². The van der Waals surface area contributed by atoms with E-state index in [0.29, 0.717) is 11.3 Å². The summed E-state index contributed by atoms with van der Waals surface area (Å²) in [6, 6.07) is 11.9. The maximum atomic E-state index is 12.8. The van der Waals surface area contributed by atoms with Crippen LogP contribution in [-0.2, 0) is 11.3 Å². The number of nitrogens with zero attached hydrogens (tertiary/aromatic N) is 5. The van der Waals surface area contributed by atoms with Crippen molar-refractivity contribution in [3.63, 3.8) is 0 Å². The van der Waals surface area contributed by atoms with Crippen molar-refractivity contribution in [2.45, 2.75) is 6.54 Å². The van der Waals surface area contributed by atoms with E-state index < -0.39 is 22.3 Å². The number of anilines is 1. The van der Waals surface area contributed by atoms with Gasteiger partial charge >= 0.3 is 0 Å². The second kappa shape index (κ2) is 8.10. The van der Waals surface area contributed by atoms with Gasteiger partial charge in [0, 0.05) is 17.3 Å². The normalized spacial score (nSPS) is 10.8. The van der Waals surface area contributed by atoms with E-state index in [9.17, 15) is 24.5 Å². The van der Waals surface area contributed by atoms with Crippen molar-refractivity contribution >= 4 is 34.2 Å². The first-order valence-corrected chi connectivity index (χ1v) is 9.22. The average molecular weight is 433 g/mol. The highest BCUT2D eigenvalue weighted by molar-refractivity contribution is 5.94. The van der Waals surface area contributed by atoms with Crippen LogP contribution in [0.2, 0.25) is 0 Å². The molecule has 0 radical (unpaired) electrons. The number of hydrogen-bond donors (Lipinski definition) is 2. The number of hydrogen-bond acceptors (Lipinski definition) is 7. The average Bonchev–Trinajstić information content (AvgIpc) is 3.20. The highest BCUT2D eigenvalue weighted by atomic mass is 16.6. The largest absolute Gasteiger partial charge is 0.366 e. The Morgan fingerprint density at radius 2 is 1.84 bits per heavy atom. The summed E-state index contributed by atoms with van der Waals surface area (Å²) in [5.41, 5.74) is 5.47. The molecule has 2 heterocycles. The predicted octanol–water partition coefficient (Wildman–Crippen LogP) is 1.23. The summed E-state index contributed by atoms with van der Waals surface area (Å²) in [6.45, 7) is -0.323. The Balaban J connectivity index is 1.60. The molecule has 160 valence electrons. The number of para-hydroxylation sites is 2. The Bertz CT molecular complexity index is 1420. The molecule has 0 saturated carbocycles. The van der Waals surface area contributed by atoms with Gasteiger partial charge in [0.25, 0.3) is 11.2 Å². The summed E-state index contributed by atoms with van der Waals surface area (Å²) in [4.78, 5) is 51.2. The fourth-order valence-corrected chi connectivity index (χ4v) is 3.11. The van der Waals surface area contributed by atoms with Gasteiger partial charge in [-0.15, -0.1) is 0 Å². The number of nitro groups is 1. The molecule has 3 N–H and O–H groups in total. The maximum absolute atomic E-state index is 12.8. The lowest BCUT2D eigenvalue weighted by atomic mass is 10.2. The van der Waals surface area contributed by atoms with E-state index in [-0.39, 0.29) is 29.0 Å². The number of fused-ring (bicyclic) bond motifs is 1. The van der Waals surface area contributed by atoms with Crippen LogP contribution in [0.5, 0.6) is 0 Å². The third-order valence-electron chi connectivity index (χ3n) is 4.63. The molecule has 2 aromatic heterocycles. The fourth-order valence-electron chi connectivity index (χ4n) is 3.11. The highest BCUT2D eigenvalue weighted by Gasteiger charge is 2.19. The molecule has 0 atom stereocenters. The van der Waals surface area contributed by atoms with Gasteiger partial charge in [0.05, 0.1) is 11.1 Å². The van der Waals surface area contributed by atoms with Crippen LogP contribution in [0.4, 0.5) is 11.4 Å². The van der Waals surface area contributed by atoms with Crippen molar-refractivity contribution in [2.24, 2.45) is 5.73 Å². The molecule has 12 heteroatoms. The summed E-state index contributed by atoms with van der Waals surface area (Å²) in [6.07, 6.45) is 2.42. The van der Waals surface area contributed by atoms with Crippen LogP contribution >= 0.6 is 0 Å². The molecule has 0 aliphatic carbocycles. The fraction of sp³-hybridized carbons (Fsp3) is 0.0500. The molecule has 0 saturated heterocycles. The SMILES string of the molecule is NC(=O)c1ccc(NC(=O)Cn2cnc3c(cnn3-c3ccccc3[N+](=O)[O-])c2=O)cc1. The Morgan fingerprint density at radius 1 is 1.12 bits per heavy atom. The summed E-state index contributed by atoms with van der Waals surface area (Å²) < 4.78 is 2.31. The standard InChI is InChI=1S/C20H15N7O5/c21-18(29)12-5-7-13(8-6-12)24-17(28)10-25-11-22-19-14(20(25)30)9-23-26(19)15-3-1-2-4-16(15)27(31)32/h1-9,11H,10H2,(H2,21,29)(H,24,28). The molecule has 4 aromatic rings. The van der Waals surface area contributed by atoms with Crippen LogP contribution in [0, 0.1) is 10.1 Å². The summed E-state index contributed by atoms with van der Waals surface area (Å²) in [5.74, 6) is -1.08. The van der Waals surface area contributed by atoms with Gasteiger partial charge in [-0.1, -0.05) is 12.1 Å². The van der Waals surface area contributed by atoms with Crippen molar-refractivity contribution in [3.8, 4) is 5.69 Å². The zero-order valence-corrected chi connectivity index (χ0v) is 16.3. The lowest BCUT2D eigenvalue weighted by molar-refractivity contribution is -0.384. The molecule has 0 aliphatic heterocycles. The summed E-state index contributed by atoms with van der Waals surface area (Å²) in [5, 5.41) is 18.1. The quantitative estimate of drug-likeness (QED) is 0.340. The highest BCUT2D eigenvalue weighted by Crippen LogP contribution is 2.23. The molecule has 32 heavy (non-hydrogen) atoms. The third-order valence-corrected chi connectivity index (χ3v) is 4.63. The molecule has 0 unspecified atom stereocenters. The molecule has 4 rings (SSSR count). The van der Waals surface area contributed by atoms with Gasteiger partial charge < -0.3 is 11.1 Å². The zero-order chi connectivity index (χ0) is 22.8. The Hall–Kier alpha value is -4.87. The number of carbonyl (C=O) groups excluding carboxylic acids is 2. The van der Waals surface area contributed by atoms with E-state index in [1.165, 1.54) is 59.7 Å². The van der Waals surface area contributed by atoms with Gasteiger partial charge in [-0.25, -0.2) is 9.67 Å². The van der Waals surface area contributed by atoms with Gasteiger partial charge in [-0.2, -0.15) is 5.10 Å². The Kier molecular flexibility index (Phi) is 5.17. The number of carbonyl (C=O) groups is 2. The number of rotatable bonds is 6. The molecular formula is C20H15N7O5. The maximum Gasteiger partial charge on any atom is 0.294 e. The van der Waals surface area contributed by atoms with Crippen LogP contribution in [0.15, 0.2) is 65.8 Å². The second-order valence-corrected chi connectivity index (χ2v) is 6.71.